The zero-order valence-corrected chi connectivity index (χ0v) is 24.5. The quantitative estimate of drug-likeness (QED) is 0.0605. The predicted octanol–water partition coefficient (Wildman–Crippen LogP) is 8.63. The Kier molecular flexibility index (Phi) is 26.3. The molecule has 1 atom stereocenters. The second-order valence-electron chi connectivity index (χ2n) is 10.4. The number of hydrogen-bond donors (Lipinski definition) is 0. The van der Waals surface area contributed by atoms with Crippen LogP contribution in [0.2, 0.25) is 0 Å². The maximum atomic E-state index is 12.4. The first-order valence-corrected chi connectivity index (χ1v) is 15.5. The van der Waals surface area contributed by atoms with Crippen LogP contribution in [-0.4, -0.2) is 37.2 Å². The van der Waals surface area contributed by atoms with E-state index in [2.05, 4.69) is 20.8 Å². The molecule has 0 rings (SSSR count). The monoisotopic (exact) mass is 526 g/mol. The lowest BCUT2D eigenvalue weighted by Crippen LogP contribution is -2.30. The van der Waals surface area contributed by atoms with Crippen LogP contribution in [0.1, 0.15) is 162 Å². The van der Waals surface area contributed by atoms with E-state index in [0.717, 1.165) is 64.2 Å². The van der Waals surface area contributed by atoms with Crippen molar-refractivity contribution in [2.45, 2.75) is 168 Å². The Labute approximate surface area is 228 Å². The first-order valence-electron chi connectivity index (χ1n) is 15.5. The standard InChI is InChI=1S/C31H58O6/c1-4-7-10-13-15-18-21-24-30(33)36-27-28(26-35-29(32)23-20-17-12-9-6-3)37-31(34)25-22-19-16-14-11-8-5-2/h28H,4-27H2,1-3H3/t28-/m0/s1. The Hall–Kier alpha value is -1.59. The lowest BCUT2D eigenvalue weighted by Gasteiger charge is -2.18. The molecule has 0 aliphatic heterocycles. The van der Waals surface area contributed by atoms with Crippen molar-refractivity contribution in [2.75, 3.05) is 13.2 Å². The van der Waals surface area contributed by atoms with Gasteiger partial charge >= 0.3 is 17.9 Å². The van der Waals surface area contributed by atoms with Gasteiger partial charge in [0, 0.05) is 19.3 Å². The van der Waals surface area contributed by atoms with Crippen molar-refractivity contribution in [3.63, 3.8) is 0 Å². The van der Waals surface area contributed by atoms with E-state index in [4.69, 9.17) is 14.2 Å². The maximum absolute atomic E-state index is 12.4. The summed E-state index contributed by atoms with van der Waals surface area (Å²) in [5, 5.41) is 0. The van der Waals surface area contributed by atoms with Gasteiger partial charge in [0.15, 0.2) is 6.10 Å². The SMILES string of the molecule is CCCCCCCCCC(=O)OC[C@H](COC(=O)CCCCCCC)OC(=O)CCCCCCCCC. The van der Waals surface area contributed by atoms with Crippen molar-refractivity contribution >= 4 is 17.9 Å². The molecule has 0 heterocycles. The van der Waals surface area contributed by atoms with Gasteiger partial charge in [-0.2, -0.15) is 0 Å². The molecule has 0 N–H and O–H groups in total. The van der Waals surface area contributed by atoms with E-state index in [1.165, 1.54) is 57.8 Å². The Bertz CT molecular complexity index is 548. The summed E-state index contributed by atoms with van der Waals surface area (Å²) >= 11 is 0. The summed E-state index contributed by atoms with van der Waals surface area (Å²) in [6.07, 6.45) is 21.4. The highest BCUT2D eigenvalue weighted by atomic mass is 16.6. The Morgan fingerprint density at radius 3 is 1.08 bits per heavy atom. The third-order valence-corrected chi connectivity index (χ3v) is 6.61. The van der Waals surface area contributed by atoms with Crippen LogP contribution in [0.15, 0.2) is 0 Å². The fourth-order valence-electron chi connectivity index (χ4n) is 4.20. The number of carbonyl (C=O) groups is 3. The van der Waals surface area contributed by atoms with Crippen molar-refractivity contribution in [1.82, 2.24) is 0 Å². The van der Waals surface area contributed by atoms with E-state index in [9.17, 15) is 14.4 Å². The summed E-state index contributed by atoms with van der Waals surface area (Å²) in [6, 6.07) is 0. The Morgan fingerprint density at radius 2 is 0.730 bits per heavy atom. The van der Waals surface area contributed by atoms with Crippen molar-refractivity contribution in [3.05, 3.63) is 0 Å². The van der Waals surface area contributed by atoms with Gasteiger partial charge in [-0.3, -0.25) is 14.4 Å². The molecule has 0 fully saturated rings. The molecule has 6 heteroatoms. The van der Waals surface area contributed by atoms with Gasteiger partial charge in [-0.15, -0.1) is 0 Å². The first kappa shape index (κ1) is 35.4. The molecule has 0 spiro atoms. The van der Waals surface area contributed by atoms with Gasteiger partial charge in [0.2, 0.25) is 0 Å². The Balaban J connectivity index is 4.35. The molecule has 0 aliphatic carbocycles. The van der Waals surface area contributed by atoms with Crippen LogP contribution in [0.3, 0.4) is 0 Å². The summed E-state index contributed by atoms with van der Waals surface area (Å²) in [5.74, 6) is -0.903. The molecule has 0 saturated heterocycles. The molecule has 0 aromatic rings. The van der Waals surface area contributed by atoms with Crippen LogP contribution in [-0.2, 0) is 28.6 Å². The number of esters is 3. The highest BCUT2D eigenvalue weighted by Crippen LogP contribution is 2.12. The summed E-state index contributed by atoms with van der Waals surface area (Å²) in [5.41, 5.74) is 0. The van der Waals surface area contributed by atoms with Crippen molar-refractivity contribution in [2.24, 2.45) is 0 Å². The zero-order valence-electron chi connectivity index (χ0n) is 24.5. The van der Waals surface area contributed by atoms with Crippen LogP contribution in [0.25, 0.3) is 0 Å². The van der Waals surface area contributed by atoms with Gasteiger partial charge in [-0.25, -0.2) is 0 Å². The summed E-state index contributed by atoms with van der Waals surface area (Å²) in [4.78, 5) is 36.7. The van der Waals surface area contributed by atoms with Crippen LogP contribution in [0, 0.1) is 0 Å². The molecule has 0 saturated carbocycles. The minimum Gasteiger partial charge on any atom is -0.462 e. The molecule has 0 bridgehead atoms. The molecule has 37 heavy (non-hydrogen) atoms. The maximum Gasteiger partial charge on any atom is 0.306 e. The van der Waals surface area contributed by atoms with Crippen molar-refractivity contribution in [3.8, 4) is 0 Å². The first-order chi connectivity index (χ1) is 18.0. The number of ether oxygens (including phenoxy) is 3. The number of hydrogen-bond acceptors (Lipinski definition) is 6. The van der Waals surface area contributed by atoms with E-state index in [1.807, 2.05) is 0 Å². The van der Waals surface area contributed by atoms with Crippen LogP contribution >= 0.6 is 0 Å². The molecule has 0 aromatic carbocycles. The van der Waals surface area contributed by atoms with E-state index in [-0.39, 0.29) is 31.1 Å². The fourth-order valence-corrected chi connectivity index (χ4v) is 4.20. The van der Waals surface area contributed by atoms with Gasteiger partial charge in [-0.05, 0) is 19.3 Å². The zero-order chi connectivity index (χ0) is 27.4. The van der Waals surface area contributed by atoms with Gasteiger partial charge < -0.3 is 14.2 Å². The van der Waals surface area contributed by atoms with Crippen molar-refractivity contribution in [1.29, 1.82) is 0 Å². The van der Waals surface area contributed by atoms with Crippen LogP contribution in [0.5, 0.6) is 0 Å². The minimum absolute atomic E-state index is 0.0676. The molecular weight excluding hydrogens is 468 g/mol. The van der Waals surface area contributed by atoms with E-state index in [1.54, 1.807) is 0 Å². The topological polar surface area (TPSA) is 78.9 Å². The fraction of sp³-hybridized carbons (Fsp3) is 0.903. The summed E-state index contributed by atoms with van der Waals surface area (Å²) in [6.45, 7) is 6.42. The highest BCUT2D eigenvalue weighted by Gasteiger charge is 2.19. The van der Waals surface area contributed by atoms with Gasteiger partial charge in [0.25, 0.3) is 0 Å². The molecule has 0 amide bonds. The highest BCUT2D eigenvalue weighted by molar-refractivity contribution is 5.71. The second kappa shape index (κ2) is 27.4. The molecular formula is C31H58O6. The third-order valence-electron chi connectivity index (χ3n) is 6.61. The van der Waals surface area contributed by atoms with E-state index < -0.39 is 6.10 Å². The van der Waals surface area contributed by atoms with Gasteiger partial charge in [-0.1, -0.05) is 124 Å². The molecule has 6 nitrogen and oxygen atoms in total. The van der Waals surface area contributed by atoms with E-state index in [0.29, 0.717) is 19.3 Å². The summed E-state index contributed by atoms with van der Waals surface area (Å²) < 4.78 is 16.3. The normalized spacial score (nSPS) is 11.8. The molecule has 218 valence electrons. The molecule has 0 unspecified atom stereocenters. The minimum atomic E-state index is -0.751. The van der Waals surface area contributed by atoms with Crippen molar-refractivity contribution < 1.29 is 28.6 Å². The van der Waals surface area contributed by atoms with Gasteiger partial charge in [0.05, 0.1) is 0 Å². The smallest absolute Gasteiger partial charge is 0.306 e. The Morgan fingerprint density at radius 1 is 0.432 bits per heavy atom. The summed E-state index contributed by atoms with van der Waals surface area (Å²) in [7, 11) is 0. The largest absolute Gasteiger partial charge is 0.462 e. The lowest BCUT2D eigenvalue weighted by atomic mass is 10.1. The number of unbranched alkanes of at least 4 members (excludes halogenated alkanes) is 16. The lowest BCUT2D eigenvalue weighted by molar-refractivity contribution is -0.167. The second-order valence-corrected chi connectivity index (χ2v) is 10.4. The average molecular weight is 527 g/mol. The molecule has 0 aromatic heterocycles. The van der Waals surface area contributed by atoms with Gasteiger partial charge in [0.1, 0.15) is 13.2 Å². The third kappa shape index (κ3) is 25.8. The predicted molar refractivity (Wildman–Crippen MR) is 150 cm³/mol. The van der Waals surface area contributed by atoms with Crippen LogP contribution < -0.4 is 0 Å². The number of carbonyl (C=O) groups excluding carboxylic acids is 3. The molecule has 0 radical (unpaired) electrons. The average Bonchev–Trinajstić information content (AvgIpc) is 2.89. The number of rotatable bonds is 27. The molecule has 0 aliphatic rings. The van der Waals surface area contributed by atoms with Crippen LogP contribution in [0.4, 0.5) is 0 Å². The van der Waals surface area contributed by atoms with E-state index >= 15 is 0 Å².